The number of carbonyl (C=O) groups excluding carboxylic acids is 1. The van der Waals surface area contributed by atoms with E-state index in [2.05, 4.69) is 15.3 Å². The lowest BCUT2D eigenvalue weighted by Gasteiger charge is -2.05. The normalized spacial score (nSPS) is 10.2. The molecule has 4 nitrogen and oxygen atoms in total. The van der Waals surface area contributed by atoms with Gasteiger partial charge in [-0.25, -0.2) is 9.97 Å². The second-order valence-electron chi connectivity index (χ2n) is 4.05. The fraction of sp³-hybridized carbons (Fsp3) is 0.214. The SMILES string of the molecule is CCCNC(=O)c1cc(-c2cccc(Cl)c2)ncn1. The molecule has 1 aromatic carbocycles. The van der Waals surface area contributed by atoms with Crippen molar-refractivity contribution in [2.45, 2.75) is 13.3 Å². The van der Waals surface area contributed by atoms with Gasteiger partial charge in [0.05, 0.1) is 5.69 Å². The minimum Gasteiger partial charge on any atom is -0.351 e. The predicted octanol–water partition coefficient (Wildman–Crippen LogP) is 2.94. The average Bonchev–Trinajstić information content (AvgIpc) is 2.45. The van der Waals surface area contributed by atoms with E-state index in [1.54, 1.807) is 18.2 Å². The second kappa shape index (κ2) is 6.29. The largest absolute Gasteiger partial charge is 0.351 e. The zero-order chi connectivity index (χ0) is 13.7. The number of amides is 1. The van der Waals surface area contributed by atoms with E-state index in [1.807, 2.05) is 19.1 Å². The van der Waals surface area contributed by atoms with Gasteiger partial charge < -0.3 is 5.32 Å². The van der Waals surface area contributed by atoms with E-state index in [1.165, 1.54) is 6.33 Å². The van der Waals surface area contributed by atoms with Crippen molar-refractivity contribution >= 4 is 17.5 Å². The molecule has 0 fully saturated rings. The number of hydrogen-bond donors (Lipinski definition) is 1. The van der Waals surface area contributed by atoms with Gasteiger partial charge in [-0.15, -0.1) is 0 Å². The van der Waals surface area contributed by atoms with Crippen LogP contribution in [0.15, 0.2) is 36.7 Å². The lowest BCUT2D eigenvalue weighted by molar-refractivity contribution is 0.0948. The van der Waals surface area contributed by atoms with E-state index < -0.39 is 0 Å². The number of nitrogens with one attached hydrogen (secondary N) is 1. The maximum absolute atomic E-state index is 11.8. The standard InChI is InChI=1S/C14H14ClN3O/c1-2-6-16-14(19)13-8-12(17-9-18-13)10-4-3-5-11(15)7-10/h3-5,7-9H,2,6H2,1H3,(H,16,19). The highest BCUT2D eigenvalue weighted by atomic mass is 35.5. The van der Waals surface area contributed by atoms with Gasteiger partial charge in [0.1, 0.15) is 12.0 Å². The summed E-state index contributed by atoms with van der Waals surface area (Å²) in [5.74, 6) is -0.187. The number of nitrogens with zero attached hydrogens (tertiary/aromatic N) is 2. The third-order valence-electron chi connectivity index (χ3n) is 2.56. The summed E-state index contributed by atoms with van der Waals surface area (Å²) in [5, 5.41) is 3.42. The second-order valence-corrected chi connectivity index (χ2v) is 4.49. The first-order valence-corrected chi connectivity index (χ1v) is 6.44. The summed E-state index contributed by atoms with van der Waals surface area (Å²) >= 11 is 5.94. The van der Waals surface area contributed by atoms with Crippen LogP contribution in [-0.4, -0.2) is 22.4 Å². The van der Waals surface area contributed by atoms with Crippen molar-refractivity contribution in [1.29, 1.82) is 0 Å². The van der Waals surface area contributed by atoms with Crippen LogP contribution in [0.5, 0.6) is 0 Å². The molecule has 0 bridgehead atoms. The molecule has 2 rings (SSSR count). The van der Waals surface area contributed by atoms with Crippen LogP contribution in [0.4, 0.5) is 0 Å². The molecule has 19 heavy (non-hydrogen) atoms. The van der Waals surface area contributed by atoms with E-state index in [4.69, 9.17) is 11.6 Å². The highest BCUT2D eigenvalue weighted by molar-refractivity contribution is 6.30. The maximum Gasteiger partial charge on any atom is 0.270 e. The molecule has 0 aliphatic rings. The molecule has 0 radical (unpaired) electrons. The maximum atomic E-state index is 11.8. The molecule has 0 spiro atoms. The smallest absolute Gasteiger partial charge is 0.270 e. The van der Waals surface area contributed by atoms with Crippen LogP contribution in [0.1, 0.15) is 23.8 Å². The average molecular weight is 276 g/mol. The Morgan fingerprint density at radius 2 is 2.16 bits per heavy atom. The highest BCUT2D eigenvalue weighted by Gasteiger charge is 2.09. The Balaban J connectivity index is 2.26. The van der Waals surface area contributed by atoms with Crippen molar-refractivity contribution in [2.24, 2.45) is 0 Å². The van der Waals surface area contributed by atoms with Crippen molar-refractivity contribution in [2.75, 3.05) is 6.54 Å². The van der Waals surface area contributed by atoms with Crippen LogP contribution >= 0.6 is 11.6 Å². The first kappa shape index (κ1) is 13.5. The van der Waals surface area contributed by atoms with Gasteiger partial charge in [0, 0.05) is 17.1 Å². The third kappa shape index (κ3) is 3.51. The van der Waals surface area contributed by atoms with Crippen molar-refractivity contribution < 1.29 is 4.79 Å². The Bertz CT molecular complexity index is 586. The molecule has 98 valence electrons. The van der Waals surface area contributed by atoms with Crippen LogP contribution in [0.3, 0.4) is 0 Å². The van der Waals surface area contributed by atoms with Crippen LogP contribution in [0, 0.1) is 0 Å². The molecule has 0 atom stereocenters. The summed E-state index contributed by atoms with van der Waals surface area (Å²) in [6.45, 7) is 2.63. The number of hydrogen-bond acceptors (Lipinski definition) is 3. The Hall–Kier alpha value is -1.94. The van der Waals surface area contributed by atoms with Crippen molar-refractivity contribution in [3.05, 3.63) is 47.4 Å². The molecule has 0 saturated heterocycles. The Morgan fingerprint density at radius 3 is 2.89 bits per heavy atom. The Labute approximate surface area is 116 Å². The first-order valence-electron chi connectivity index (χ1n) is 6.07. The summed E-state index contributed by atoms with van der Waals surface area (Å²) in [5.41, 5.74) is 1.90. The molecule has 1 aromatic heterocycles. The fourth-order valence-corrected chi connectivity index (χ4v) is 1.81. The molecule has 0 unspecified atom stereocenters. The number of halogens is 1. The fourth-order valence-electron chi connectivity index (χ4n) is 1.62. The quantitative estimate of drug-likeness (QED) is 0.933. The molecular formula is C14H14ClN3O. The van der Waals surface area contributed by atoms with E-state index in [-0.39, 0.29) is 5.91 Å². The van der Waals surface area contributed by atoms with Gasteiger partial charge in [0.15, 0.2) is 0 Å². The van der Waals surface area contributed by atoms with Crippen molar-refractivity contribution in [1.82, 2.24) is 15.3 Å². The summed E-state index contributed by atoms with van der Waals surface area (Å²) in [4.78, 5) is 20.0. The zero-order valence-corrected chi connectivity index (χ0v) is 11.3. The van der Waals surface area contributed by atoms with E-state index >= 15 is 0 Å². The van der Waals surface area contributed by atoms with Gasteiger partial charge in [-0.1, -0.05) is 30.7 Å². The first-order chi connectivity index (χ1) is 9.20. The van der Waals surface area contributed by atoms with Crippen molar-refractivity contribution in [3.8, 4) is 11.3 Å². The van der Waals surface area contributed by atoms with Crippen LogP contribution in [0.25, 0.3) is 11.3 Å². The topological polar surface area (TPSA) is 54.9 Å². The van der Waals surface area contributed by atoms with Gasteiger partial charge >= 0.3 is 0 Å². The number of rotatable bonds is 4. The zero-order valence-electron chi connectivity index (χ0n) is 10.6. The van der Waals surface area contributed by atoms with Crippen LogP contribution < -0.4 is 5.32 Å². The molecule has 2 aromatic rings. The predicted molar refractivity (Wildman–Crippen MR) is 75.1 cm³/mol. The van der Waals surface area contributed by atoms with Gasteiger partial charge in [-0.05, 0) is 24.6 Å². The van der Waals surface area contributed by atoms with E-state index in [9.17, 15) is 4.79 Å². The minimum absolute atomic E-state index is 0.187. The summed E-state index contributed by atoms with van der Waals surface area (Å²) in [6.07, 6.45) is 2.27. The molecule has 1 N–H and O–H groups in total. The van der Waals surface area contributed by atoms with Gasteiger partial charge in [0.25, 0.3) is 5.91 Å². The number of aromatic nitrogens is 2. The third-order valence-corrected chi connectivity index (χ3v) is 2.79. The monoisotopic (exact) mass is 275 g/mol. The molecule has 5 heteroatoms. The Kier molecular flexibility index (Phi) is 4.47. The minimum atomic E-state index is -0.187. The lowest BCUT2D eigenvalue weighted by Crippen LogP contribution is -2.25. The summed E-state index contributed by atoms with van der Waals surface area (Å²) in [6, 6.07) is 8.99. The number of benzene rings is 1. The lowest BCUT2D eigenvalue weighted by atomic mass is 10.1. The van der Waals surface area contributed by atoms with E-state index in [0.29, 0.717) is 23.0 Å². The van der Waals surface area contributed by atoms with Crippen molar-refractivity contribution in [3.63, 3.8) is 0 Å². The van der Waals surface area contributed by atoms with E-state index in [0.717, 1.165) is 12.0 Å². The summed E-state index contributed by atoms with van der Waals surface area (Å²) in [7, 11) is 0. The molecule has 0 aliphatic heterocycles. The molecule has 0 aliphatic carbocycles. The Morgan fingerprint density at radius 1 is 1.32 bits per heavy atom. The molecule has 1 heterocycles. The van der Waals surface area contributed by atoms with Crippen LogP contribution in [0.2, 0.25) is 5.02 Å². The molecule has 1 amide bonds. The van der Waals surface area contributed by atoms with Gasteiger partial charge in [0.2, 0.25) is 0 Å². The highest BCUT2D eigenvalue weighted by Crippen LogP contribution is 2.20. The number of carbonyl (C=O) groups is 1. The molecule has 0 saturated carbocycles. The summed E-state index contributed by atoms with van der Waals surface area (Å²) < 4.78 is 0. The van der Waals surface area contributed by atoms with Crippen LogP contribution in [-0.2, 0) is 0 Å². The molecular weight excluding hydrogens is 262 g/mol. The van der Waals surface area contributed by atoms with Gasteiger partial charge in [-0.3, -0.25) is 4.79 Å². The van der Waals surface area contributed by atoms with Gasteiger partial charge in [-0.2, -0.15) is 0 Å².